The molecule has 4 heteroatoms. The first-order chi connectivity index (χ1) is 9.99. The zero-order chi connectivity index (χ0) is 15.4. The number of nitrogens with zero attached hydrogens (tertiary/aromatic N) is 2. The molecule has 0 unspecified atom stereocenters. The van der Waals surface area contributed by atoms with Gasteiger partial charge in [0, 0.05) is 57.0 Å². The van der Waals surface area contributed by atoms with Crippen molar-refractivity contribution >= 4 is 17.3 Å². The number of benzene rings is 1. The Balaban J connectivity index is 2.29. The highest BCUT2D eigenvalue weighted by molar-refractivity contribution is 6.31. The lowest BCUT2D eigenvalue weighted by Gasteiger charge is -2.36. The summed E-state index contributed by atoms with van der Waals surface area (Å²) in [6.45, 7) is 10.4. The van der Waals surface area contributed by atoms with Gasteiger partial charge in [-0.3, -0.25) is 4.90 Å². The van der Waals surface area contributed by atoms with E-state index < -0.39 is 0 Å². The predicted octanol–water partition coefficient (Wildman–Crippen LogP) is 3.32. The molecule has 116 valence electrons. The van der Waals surface area contributed by atoms with Crippen LogP contribution in [0.25, 0.3) is 0 Å². The summed E-state index contributed by atoms with van der Waals surface area (Å²) in [4.78, 5) is 4.59. The van der Waals surface area contributed by atoms with Gasteiger partial charge < -0.3 is 10.2 Å². The van der Waals surface area contributed by atoms with Gasteiger partial charge in [-0.2, -0.15) is 0 Å². The number of hydrogen-bond acceptors (Lipinski definition) is 3. The molecule has 1 saturated heterocycles. The standard InChI is InChI=1S/C17H26ClN3/c1-13(2)11-17(21-9-7-19-8-10-21)15-6-5-14(20(3)4)12-16(15)18/h5-6,12,17,19H,1,7-11H2,2-4H3/t17-/m1/s1. The molecule has 0 aliphatic carbocycles. The van der Waals surface area contributed by atoms with E-state index in [2.05, 4.69) is 46.8 Å². The second-order valence-electron chi connectivity index (χ2n) is 6.06. The SMILES string of the molecule is C=C(C)C[C@H](c1ccc(N(C)C)cc1Cl)N1CCNCC1. The zero-order valence-corrected chi connectivity index (χ0v) is 14.1. The van der Waals surface area contributed by atoms with Crippen LogP contribution in [-0.2, 0) is 0 Å². The van der Waals surface area contributed by atoms with Crippen molar-refractivity contribution in [1.82, 2.24) is 10.2 Å². The zero-order valence-electron chi connectivity index (χ0n) is 13.3. The van der Waals surface area contributed by atoms with Gasteiger partial charge in [-0.05, 0) is 31.0 Å². The molecule has 1 fully saturated rings. The predicted molar refractivity (Wildman–Crippen MR) is 92.4 cm³/mol. The van der Waals surface area contributed by atoms with E-state index >= 15 is 0 Å². The van der Waals surface area contributed by atoms with Crippen LogP contribution < -0.4 is 10.2 Å². The average Bonchev–Trinajstić information content (AvgIpc) is 2.45. The number of rotatable bonds is 5. The first-order valence-electron chi connectivity index (χ1n) is 7.55. The quantitative estimate of drug-likeness (QED) is 0.842. The number of halogens is 1. The lowest BCUT2D eigenvalue weighted by Crippen LogP contribution is -2.45. The monoisotopic (exact) mass is 307 g/mol. The van der Waals surface area contributed by atoms with Crippen LogP contribution in [0.2, 0.25) is 5.02 Å². The summed E-state index contributed by atoms with van der Waals surface area (Å²) in [5.41, 5.74) is 3.55. The fourth-order valence-electron chi connectivity index (χ4n) is 2.82. The first kappa shape index (κ1) is 16.3. The smallest absolute Gasteiger partial charge is 0.0474 e. The molecule has 1 aromatic rings. The van der Waals surface area contributed by atoms with E-state index in [0.29, 0.717) is 6.04 Å². The minimum atomic E-state index is 0.327. The molecule has 0 amide bonds. The second kappa shape index (κ2) is 7.30. The van der Waals surface area contributed by atoms with Crippen molar-refractivity contribution in [2.75, 3.05) is 45.2 Å². The van der Waals surface area contributed by atoms with Gasteiger partial charge in [-0.15, -0.1) is 6.58 Å². The van der Waals surface area contributed by atoms with Crippen molar-refractivity contribution in [3.63, 3.8) is 0 Å². The number of piperazine rings is 1. The van der Waals surface area contributed by atoms with Crippen molar-refractivity contribution in [3.8, 4) is 0 Å². The molecular weight excluding hydrogens is 282 g/mol. The first-order valence-corrected chi connectivity index (χ1v) is 7.92. The maximum absolute atomic E-state index is 6.57. The molecule has 3 nitrogen and oxygen atoms in total. The third-order valence-corrected chi connectivity index (χ3v) is 4.32. The molecule has 2 rings (SSSR count). The second-order valence-corrected chi connectivity index (χ2v) is 6.47. The summed E-state index contributed by atoms with van der Waals surface area (Å²) in [7, 11) is 4.07. The van der Waals surface area contributed by atoms with E-state index in [1.54, 1.807) is 0 Å². The highest BCUT2D eigenvalue weighted by Crippen LogP contribution is 2.34. The lowest BCUT2D eigenvalue weighted by atomic mass is 9.97. The molecule has 0 saturated carbocycles. The third kappa shape index (κ3) is 4.22. The van der Waals surface area contributed by atoms with Crippen LogP contribution in [-0.4, -0.2) is 45.2 Å². The Morgan fingerprint density at radius 1 is 1.38 bits per heavy atom. The molecule has 0 bridgehead atoms. The highest BCUT2D eigenvalue weighted by atomic mass is 35.5. The van der Waals surface area contributed by atoms with Crippen LogP contribution >= 0.6 is 11.6 Å². The summed E-state index contributed by atoms with van der Waals surface area (Å²) >= 11 is 6.57. The summed E-state index contributed by atoms with van der Waals surface area (Å²) in [5, 5.41) is 4.26. The summed E-state index contributed by atoms with van der Waals surface area (Å²) in [6.07, 6.45) is 0.959. The van der Waals surface area contributed by atoms with Crippen molar-refractivity contribution in [3.05, 3.63) is 40.9 Å². The van der Waals surface area contributed by atoms with Gasteiger partial charge in [0.1, 0.15) is 0 Å². The Morgan fingerprint density at radius 2 is 2.05 bits per heavy atom. The maximum atomic E-state index is 6.57. The third-order valence-electron chi connectivity index (χ3n) is 3.99. The van der Waals surface area contributed by atoms with Gasteiger partial charge in [0.25, 0.3) is 0 Å². The molecule has 1 atom stereocenters. The Labute approximate surface area is 133 Å². The molecule has 21 heavy (non-hydrogen) atoms. The minimum Gasteiger partial charge on any atom is -0.378 e. The lowest BCUT2D eigenvalue weighted by molar-refractivity contribution is 0.172. The van der Waals surface area contributed by atoms with Crippen LogP contribution in [0.1, 0.15) is 24.9 Å². The van der Waals surface area contributed by atoms with Crippen molar-refractivity contribution in [2.45, 2.75) is 19.4 Å². The van der Waals surface area contributed by atoms with Gasteiger partial charge in [0.05, 0.1) is 0 Å². The maximum Gasteiger partial charge on any atom is 0.0474 e. The van der Waals surface area contributed by atoms with Crippen molar-refractivity contribution in [2.24, 2.45) is 0 Å². The van der Waals surface area contributed by atoms with E-state index in [9.17, 15) is 0 Å². The normalized spacial score (nSPS) is 17.5. The molecule has 1 aliphatic heterocycles. The Bertz CT molecular complexity index is 493. The van der Waals surface area contributed by atoms with Gasteiger partial charge in [-0.1, -0.05) is 23.2 Å². The summed E-state index contributed by atoms with van der Waals surface area (Å²) in [6, 6.07) is 6.71. The van der Waals surface area contributed by atoms with Crippen LogP contribution in [0.3, 0.4) is 0 Å². The van der Waals surface area contributed by atoms with E-state index in [4.69, 9.17) is 11.6 Å². The van der Waals surface area contributed by atoms with Gasteiger partial charge in [0.15, 0.2) is 0 Å². The van der Waals surface area contributed by atoms with Crippen molar-refractivity contribution in [1.29, 1.82) is 0 Å². The van der Waals surface area contributed by atoms with E-state index in [-0.39, 0.29) is 0 Å². The molecule has 1 aliphatic rings. The Morgan fingerprint density at radius 3 is 2.57 bits per heavy atom. The molecule has 1 N–H and O–H groups in total. The molecule has 1 heterocycles. The molecular formula is C17H26ClN3. The van der Waals surface area contributed by atoms with E-state index in [0.717, 1.165) is 43.3 Å². The van der Waals surface area contributed by atoms with Crippen LogP contribution in [0.5, 0.6) is 0 Å². The van der Waals surface area contributed by atoms with Gasteiger partial charge in [-0.25, -0.2) is 0 Å². The molecule has 0 radical (unpaired) electrons. The fraction of sp³-hybridized carbons (Fsp3) is 0.529. The highest BCUT2D eigenvalue weighted by Gasteiger charge is 2.24. The van der Waals surface area contributed by atoms with Crippen LogP contribution in [0, 0.1) is 0 Å². The topological polar surface area (TPSA) is 18.5 Å². The Kier molecular flexibility index (Phi) is 5.68. The number of anilines is 1. The minimum absolute atomic E-state index is 0.327. The Hall–Kier alpha value is -1.03. The van der Waals surface area contributed by atoms with Crippen LogP contribution in [0.4, 0.5) is 5.69 Å². The van der Waals surface area contributed by atoms with Gasteiger partial charge >= 0.3 is 0 Å². The van der Waals surface area contributed by atoms with Gasteiger partial charge in [0.2, 0.25) is 0 Å². The molecule has 0 spiro atoms. The largest absolute Gasteiger partial charge is 0.378 e. The van der Waals surface area contributed by atoms with E-state index in [1.807, 2.05) is 14.1 Å². The molecule has 1 aromatic carbocycles. The van der Waals surface area contributed by atoms with E-state index in [1.165, 1.54) is 11.1 Å². The van der Waals surface area contributed by atoms with Crippen molar-refractivity contribution < 1.29 is 0 Å². The fourth-order valence-corrected chi connectivity index (χ4v) is 3.12. The van der Waals surface area contributed by atoms with Crippen LogP contribution in [0.15, 0.2) is 30.4 Å². The summed E-state index contributed by atoms with van der Waals surface area (Å²) in [5.74, 6) is 0. The molecule has 0 aromatic heterocycles. The summed E-state index contributed by atoms with van der Waals surface area (Å²) < 4.78 is 0. The number of nitrogens with one attached hydrogen (secondary N) is 1. The number of hydrogen-bond donors (Lipinski definition) is 1. The average molecular weight is 308 g/mol.